The fourth-order valence-electron chi connectivity index (χ4n) is 0.415. The smallest absolute Gasteiger partial charge is 0.0776 e. The Hall–Kier alpha value is 0.400. The summed E-state index contributed by atoms with van der Waals surface area (Å²) < 4.78 is 4.94. The standard InChI is InChI=1S/C6H12OS2/c1-7-4-6(9-3)5-8-2/h5H,4H2,1-3H3/b6-5+. The Kier molecular flexibility index (Phi) is 6.81. The predicted molar refractivity (Wildman–Crippen MR) is 47.0 cm³/mol. The normalized spacial score (nSPS) is 12.1. The maximum atomic E-state index is 4.94. The molecule has 0 atom stereocenters. The molecule has 54 valence electrons. The van der Waals surface area contributed by atoms with Gasteiger partial charge in [0.05, 0.1) is 6.61 Å². The zero-order valence-electron chi connectivity index (χ0n) is 6.01. The van der Waals surface area contributed by atoms with Crippen LogP contribution in [0.1, 0.15) is 0 Å². The van der Waals surface area contributed by atoms with Gasteiger partial charge in [-0.1, -0.05) is 0 Å². The Morgan fingerprint density at radius 2 is 2.22 bits per heavy atom. The summed E-state index contributed by atoms with van der Waals surface area (Å²) in [6.07, 6.45) is 4.10. The largest absolute Gasteiger partial charge is 0.379 e. The van der Waals surface area contributed by atoms with Crippen LogP contribution in [0, 0.1) is 0 Å². The fraction of sp³-hybridized carbons (Fsp3) is 0.667. The van der Waals surface area contributed by atoms with Gasteiger partial charge < -0.3 is 4.74 Å². The molecule has 0 aromatic carbocycles. The maximum Gasteiger partial charge on any atom is 0.0776 e. The Labute approximate surface area is 65.2 Å². The first kappa shape index (κ1) is 9.40. The molecular formula is C6H12OS2. The minimum absolute atomic E-state index is 0.738. The van der Waals surface area contributed by atoms with E-state index in [1.165, 1.54) is 4.91 Å². The van der Waals surface area contributed by atoms with E-state index in [1.54, 1.807) is 30.6 Å². The van der Waals surface area contributed by atoms with Crippen LogP contribution in [0.3, 0.4) is 0 Å². The third kappa shape index (κ3) is 4.88. The Bertz CT molecular complexity index is 91.1. The van der Waals surface area contributed by atoms with Crippen LogP contribution in [-0.2, 0) is 4.74 Å². The van der Waals surface area contributed by atoms with Gasteiger partial charge in [0.25, 0.3) is 0 Å². The second kappa shape index (κ2) is 6.52. The van der Waals surface area contributed by atoms with Crippen molar-refractivity contribution in [3.05, 3.63) is 10.3 Å². The van der Waals surface area contributed by atoms with Gasteiger partial charge in [0.2, 0.25) is 0 Å². The second-order valence-electron chi connectivity index (χ2n) is 1.46. The van der Waals surface area contributed by atoms with Crippen LogP contribution in [0.25, 0.3) is 0 Å². The first-order chi connectivity index (χ1) is 4.35. The first-order valence-electron chi connectivity index (χ1n) is 2.60. The quantitative estimate of drug-likeness (QED) is 0.630. The lowest BCUT2D eigenvalue weighted by molar-refractivity contribution is 0.231. The topological polar surface area (TPSA) is 9.23 Å². The molecule has 0 radical (unpaired) electrons. The average Bonchev–Trinajstić information content (AvgIpc) is 1.88. The van der Waals surface area contributed by atoms with Crippen LogP contribution < -0.4 is 0 Å². The van der Waals surface area contributed by atoms with Crippen LogP contribution in [0.5, 0.6) is 0 Å². The van der Waals surface area contributed by atoms with E-state index < -0.39 is 0 Å². The molecule has 0 bridgehead atoms. The zero-order valence-corrected chi connectivity index (χ0v) is 7.64. The Balaban J connectivity index is 3.53. The van der Waals surface area contributed by atoms with E-state index in [0.717, 1.165) is 6.61 Å². The number of thioether (sulfide) groups is 2. The first-order valence-corrected chi connectivity index (χ1v) is 5.11. The molecule has 3 heteroatoms. The summed E-state index contributed by atoms with van der Waals surface area (Å²) in [6, 6.07) is 0. The Morgan fingerprint density at radius 3 is 2.56 bits per heavy atom. The van der Waals surface area contributed by atoms with E-state index in [0.29, 0.717) is 0 Å². The highest BCUT2D eigenvalue weighted by Crippen LogP contribution is 2.14. The van der Waals surface area contributed by atoms with Crippen molar-refractivity contribution < 1.29 is 4.74 Å². The average molecular weight is 164 g/mol. The number of methoxy groups -OCH3 is 1. The lowest BCUT2D eigenvalue weighted by Gasteiger charge is -1.99. The molecule has 0 rings (SSSR count). The number of hydrogen-bond acceptors (Lipinski definition) is 3. The molecule has 0 aliphatic carbocycles. The van der Waals surface area contributed by atoms with Crippen LogP contribution in [0.15, 0.2) is 10.3 Å². The van der Waals surface area contributed by atoms with Gasteiger partial charge in [0, 0.05) is 12.0 Å². The van der Waals surface area contributed by atoms with Gasteiger partial charge in [0.15, 0.2) is 0 Å². The molecule has 1 nitrogen and oxygen atoms in total. The summed E-state index contributed by atoms with van der Waals surface area (Å²) in [5.41, 5.74) is 0. The summed E-state index contributed by atoms with van der Waals surface area (Å²) >= 11 is 3.45. The third-order valence-corrected chi connectivity index (χ3v) is 2.23. The van der Waals surface area contributed by atoms with Crippen LogP contribution in [0.4, 0.5) is 0 Å². The monoisotopic (exact) mass is 164 g/mol. The molecule has 0 spiro atoms. The second-order valence-corrected chi connectivity index (χ2v) is 3.10. The van der Waals surface area contributed by atoms with E-state index in [1.807, 2.05) is 6.26 Å². The minimum atomic E-state index is 0.738. The molecule has 0 aliphatic heterocycles. The number of rotatable bonds is 4. The van der Waals surface area contributed by atoms with Gasteiger partial charge >= 0.3 is 0 Å². The highest BCUT2D eigenvalue weighted by Gasteiger charge is 1.90. The van der Waals surface area contributed by atoms with Gasteiger partial charge in [-0.2, -0.15) is 0 Å². The van der Waals surface area contributed by atoms with Crippen molar-refractivity contribution in [1.29, 1.82) is 0 Å². The summed E-state index contributed by atoms with van der Waals surface area (Å²) in [5, 5.41) is 2.11. The third-order valence-electron chi connectivity index (χ3n) is 0.798. The summed E-state index contributed by atoms with van der Waals surface area (Å²) in [5.74, 6) is 0. The summed E-state index contributed by atoms with van der Waals surface area (Å²) in [7, 11) is 1.71. The number of ether oxygens (including phenoxy) is 1. The predicted octanol–water partition coefficient (Wildman–Crippen LogP) is 2.20. The maximum absolute atomic E-state index is 4.94. The van der Waals surface area contributed by atoms with Crippen molar-refractivity contribution in [2.45, 2.75) is 0 Å². The van der Waals surface area contributed by atoms with Crippen molar-refractivity contribution in [3.8, 4) is 0 Å². The molecule has 0 amide bonds. The van der Waals surface area contributed by atoms with Crippen molar-refractivity contribution in [2.24, 2.45) is 0 Å². The number of hydrogen-bond donors (Lipinski definition) is 0. The molecule has 0 saturated heterocycles. The highest BCUT2D eigenvalue weighted by atomic mass is 32.2. The van der Waals surface area contributed by atoms with Crippen LogP contribution in [0.2, 0.25) is 0 Å². The molecule has 0 aliphatic rings. The summed E-state index contributed by atoms with van der Waals surface area (Å²) in [4.78, 5) is 1.28. The van der Waals surface area contributed by atoms with Crippen molar-refractivity contribution in [1.82, 2.24) is 0 Å². The lowest BCUT2D eigenvalue weighted by Crippen LogP contribution is -1.88. The van der Waals surface area contributed by atoms with Crippen molar-refractivity contribution >= 4 is 23.5 Å². The van der Waals surface area contributed by atoms with E-state index in [9.17, 15) is 0 Å². The molecule has 0 saturated carbocycles. The molecule has 0 N–H and O–H groups in total. The van der Waals surface area contributed by atoms with Gasteiger partial charge in [-0.3, -0.25) is 0 Å². The summed E-state index contributed by atoms with van der Waals surface area (Å²) in [6.45, 7) is 0.738. The van der Waals surface area contributed by atoms with Gasteiger partial charge in [0.1, 0.15) is 0 Å². The minimum Gasteiger partial charge on any atom is -0.379 e. The van der Waals surface area contributed by atoms with Crippen LogP contribution in [-0.4, -0.2) is 26.2 Å². The molecule has 0 fully saturated rings. The molecular weight excluding hydrogens is 152 g/mol. The van der Waals surface area contributed by atoms with Crippen molar-refractivity contribution in [3.63, 3.8) is 0 Å². The molecule has 0 heterocycles. The molecule has 0 aromatic rings. The van der Waals surface area contributed by atoms with E-state index >= 15 is 0 Å². The SMILES string of the molecule is COC/C(=C\SC)SC. The van der Waals surface area contributed by atoms with Gasteiger partial charge in [-0.05, 0) is 17.9 Å². The zero-order chi connectivity index (χ0) is 7.11. The molecule has 9 heavy (non-hydrogen) atoms. The lowest BCUT2D eigenvalue weighted by atomic mass is 10.7. The highest BCUT2D eigenvalue weighted by molar-refractivity contribution is 8.05. The fourth-order valence-corrected chi connectivity index (χ4v) is 1.65. The van der Waals surface area contributed by atoms with Crippen molar-refractivity contribution in [2.75, 3.05) is 26.2 Å². The molecule has 0 aromatic heterocycles. The van der Waals surface area contributed by atoms with Gasteiger partial charge in [-0.15, -0.1) is 23.5 Å². The van der Waals surface area contributed by atoms with E-state index in [4.69, 9.17) is 4.74 Å². The Morgan fingerprint density at radius 1 is 1.56 bits per heavy atom. The van der Waals surface area contributed by atoms with Gasteiger partial charge in [-0.25, -0.2) is 0 Å². The van der Waals surface area contributed by atoms with Crippen LogP contribution >= 0.6 is 23.5 Å². The van der Waals surface area contributed by atoms with E-state index in [2.05, 4.69) is 11.7 Å². The van der Waals surface area contributed by atoms with E-state index in [-0.39, 0.29) is 0 Å². The molecule has 0 unspecified atom stereocenters.